The van der Waals surface area contributed by atoms with E-state index in [9.17, 15) is 0 Å². The number of rotatable bonds is 9. The number of nitrogens with two attached hydrogens (primary N) is 1. The van der Waals surface area contributed by atoms with Crippen molar-refractivity contribution in [1.29, 1.82) is 0 Å². The molecule has 0 bridgehead atoms. The summed E-state index contributed by atoms with van der Waals surface area (Å²) >= 11 is 0. The number of hydrogen-bond donors (Lipinski definition) is 2. The van der Waals surface area contributed by atoms with Crippen molar-refractivity contribution in [3.05, 3.63) is 226 Å². The van der Waals surface area contributed by atoms with Crippen LogP contribution in [0.3, 0.4) is 0 Å². The molecule has 0 heterocycles. The third kappa shape index (κ3) is 5.57. The normalized spacial score (nSPS) is 19.5. The van der Waals surface area contributed by atoms with Crippen LogP contribution in [0.25, 0.3) is 22.0 Å². The molecule has 51 heavy (non-hydrogen) atoms. The summed E-state index contributed by atoms with van der Waals surface area (Å²) < 4.78 is 0. The number of aryl methyl sites for hydroxylation is 2. The molecule has 2 atom stereocenters. The SMILES string of the molecule is CCc1ccccc1C1(Cc2ccccc2C)C2=C(C=CC(/C=C(\NCN)c3ccccc3)(c3cccc4ccccc34)C=C2)c2ccccc21. The van der Waals surface area contributed by atoms with Gasteiger partial charge in [-0.2, -0.15) is 0 Å². The molecule has 0 aromatic heterocycles. The summed E-state index contributed by atoms with van der Waals surface area (Å²) in [5.74, 6) is 0. The zero-order valence-corrected chi connectivity index (χ0v) is 29.4. The van der Waals surface area contributed by atoms with Crippen molar-refractivity contribution >= 4 is 22.0 Å². The lowest BCUT2D eigenvalue weighted by atomic mass is 9.65. The molecule has 0 saturated carbocycles. The highest BCUT2D eigenvalue weighted by Gasteiger charge is 2.47. The van der Waals surface area contributed by atoms with Crippen LogP contribution in [0.5, 0.6) is 0 Å². The maximum atomic E-state index is 6.22. The Labute approximate surface area is 302 Å². The fraction of sp³-hybridized carbons (Fsp3) is 0.143. The maximum Gasteiger partial charge on any atom is 0.0628 e. The van der Waals surface area contributed by atoms with Gasteiger partial charge in [0.15, 0.2) is 0 Å². The third-order valence-electron chi connectivity index (χ3n) is 11.1. The van der Waals surface area contributed by atoms with Gasteiger partial charge in [-0.1, -0.05) is 177 Å². The van der Waals surface area contributed by atoms with E-state index in [0.29, 0.717) is 6.67 Å². The lowest BCUT2D eigenvalue weighted by Gasteiger charge is -2.37. The van der Waals surface area contributed by atoms with Crippen molar-refractivity contribution in [2.45, 2.75) is 37.5 Å². The molecule has 0 aliphatic heterocycles. The van der Waals surface area contributed by atoms with Gasteiger partial charge in [-0.25, -0.2) is 0 Å². The smallest absolute Gasteiger partial charge is 0.0628 e. The third-order valence-corrected chi connectivity index (χ3v) is 11.1. The highest BCUT2D eigenvalue weighted by atomic mass is 15.0. The van der Waals surface area contributed by atoms with Crippen LogP contribution in [0, 0.1) is 6.92 Å². The monoisotopic (exact) mass is 660 g/mol. The van der Waals surface area contributed by atoms with Crippen LogP contribution in [0.15, 0.2) is 182 Å². The molecule has 2 unspecified atom stereocenters. The van der Waals surface area contributed by atoms with Gasteiger partial charge in [0.05, 0.1) is 17.5 Å². The van der Waals surface area contributed by atoms with Crippen molar-refractivity contribution in [1.82, 2.24) is 5.32 Å². The first-order valence-electron chi connectivity index (χ1n) is 18.1. The predicted molar refractivity (Wildman–Crippen MR) is 215 cm³/mol. The lowest BCUT2D eigenvalue weighted by molar-refractivity contribution is 0.614. The molecular formula is C49H44N2. The second kappa shape index (κ2) is 13.5. The Morgan fingerprint density at radius 2 is 1.29 bits per heavy atom. The molecule has 2 nitrogen and oxygen atoms in total. The molecule has 6 aromatic carbocycles. The van der Waals surface area contributed by atoms with E-state index in [1.165, 1.54) is 60.9 Å². The molecular weight excluding hydrogens is 617 g/mol. The van der Waals surface area contributed by atoms with Gasteiger partial charge in [-0.3, -0.25) is 0 Å². The van der Waals surface area contributed by atoms with Crippen LogP contribution in [-0.4, -0.2) is 6.67 Å². The standard InChI is InChI=1S/C49H44N2/c1-3-36-17-10-13-25-43(36)49(32-39-21-8-7-16-35(39)2)45-26-14-12-24-41(45)42-28-30-48(31-29-46(42)49,33-47(51-34-50)38-19-5-4-6-20-38)44-27-15-22-37-18-9-11-23-40(37)44/h4-31,33,51H,3,32,34,50H2,1-2H3/b47-33-. The number of nitrogens with one attached hydrogen (secondary N) is 1. The van der Waals surface area contributed by atoms with Crippen molar-refractivity contribution in [2.75, 3.05) is 6.67 Å². The maximum absolute atomic E-state index is 6.22. The first kappa shape index (κ1) is 32.5. The molecule has 3 N–H and O–H groups in total. The Hall–Kier alpha value is -5.70. The van der Waals surface area contributed by atoms with Gasteiger partial charge in [-0.05, 0) is 92.3 Å². The molecule has 2 heteroatoms. The average Bonchev–Trinajstić information content (AvgIpc) is 3.30. The summed E-state index contributed by atoms with van der Waals surface area (Å²) in [6.07, 6.45) is 13.9. The zero-order chi connectivity index (χ0) is 34.8. The molecule has 0 radical (unpaired) electrons. The Bertz CT molecular complexity index is 2350. The Morgan fingerprint density at radius 3 is 2.10 bits per heavy atom. The fourth-order valence-corrected chi connectivity index (χ4v) is 8.59. The van der Waals surface area contributed by atoms with Gasteiger partial charge in [0.25, 0.3) is 0 Å². The summed E-state index contributed by atoms with van der Waals surface area (Å²) in [6.45, 7) is 4.86. The van der Waals surface area contributed by atoms with Crippen LogP contribution >= 0.6 is 0 Å². The van der Waals surface area contributed by atoms with Crippen LogP contribution < -0.4 is 11.1 Å². The summed E-state index contributed by atoms with van der Waals surface area (Å²) in [5, 5.41) is 5.98. The Kier molecular flexibility index (Phi) is 8.63. The van der Waals surface area contributed by atoms with Crippen molar-refractivity contribution in [3.63, 3.8) is 0 Å². The minimum absolute atomic E-state index is 0.329. The van der Waals surface area contributed by atoms with E-state index in [0.717, 1.165) is 24.1 Å². The van der Waals surface area contributed by atoms with Gasteiger partial charge >= 0.3 is 0 Å². The van der Waals surface area contributed by atoms with E-state index >= 15 is 0 Å². The van der Waals surface area contributed by atoms with E-state index in [1.54, 1.807) is 0 Å². The van der Waals surface area contributed by atoms with E-state index < -0.39 is 5.41 Å². The van der Waals surface area contributed by atoms with Crippen LogP contribution in [-0.2, 0) is 23.7 Å². The highest BCUT2D eigenvalue weighted by molar-refractivity contribution is 5.93. The Balaban J connectivity index is 1.44. The molecule has 2 aliphatic rings. The molecule has 8 rings (SSSR count). The van der Waals surface area contributed by atoms with Gasteiger partial charge in [0, 0.05) is 5.70 Å². The number of hydrogen-bond acceptors (Lipinski definition) is 2. The van der Waals surface area contributed by atoms with Crippen molar-refractivity contribution < 1.29 is 0 Å². The van der Waals surface area contributed by atoms with E-state index in [4.69, 9.17) is 5.73 Å². The number of allylic oxidation sites excluding steroid dienone is 7. The van der Waals surface area contributed by atoms with Crippen molar-refractivity contribution in [3.8, 4) is 0 Å². The van der Waals surface area contributed by atoms with Crippen molar-refractivity contribution in [2.24, 2.45) is 5.73 Å². The summed E-state index contributed by atoms with van der Waals surface area (Å²) in [4.78, 5) is 0. The minimum atomic E-state index is -0.591. The predicted octanol–water partition coefficient (Wildman–Crippen LogP) is 10.6. The van der Waals surface area contributed by atoms with Crippen LogP contribution in [0.1, 0.15) is 51.4 Å². The van der Waals surface area contributed by atoms with E-state index in [2.05, 4.69) is 195 Å². The minimum Gasteiger partial charge on any atom is -0.372 e. The van der Waals surface area contributed by atoms with Gasteiger partial charge < -0.3 is 11.1 Å². The zero-order valence-electron chi connectivity index (χ0n) is 29.4. The van der Waals surface area contributed by atoms with E-state index in [1.807, 2.05) is 0 Å². The first-order chi connectivity index (χ1) is 25.1. The second-order valence-electron chi connectivity index (χ2n) is 13.8. The van der Waals surface area contributed by atoms with Crippen LogP contribution in [0.2, 0.25) is 0 Å². The van der Waals surface area contributed by atoms with Gasteiger partial charge in [-0.15, -0.1) is 0 Å². The summed E-state index contributed by atoms with van der Waals surface area (Å²) in [6, 6.07) is 53.1. The topological polar surface area (TPSA) is 38.0 Å². The molecule has 6 aromatic rings. The van der Waals surface area contributed by atoms with Gasteiger partial charge in [0.2, 0.25) is 0 Å². The van der Waals surface area contributed by atoms with Crippen LogP contribution in [0.4, 0.5) is 0 Å². The molecule has 0 spiro atoms. The number of benzene rings is 6. The molecule has 2 aliphatic carbocycles. The lowest BCUT2D eigenvalue weighted by Crippen LogP contribution is -2.32. The largest absolute Gasteiger partial charge is 0.372 e. The quantitative estimate of drug-likeness (QED) is 0.152. The van der Waals surface area contributed by atoms with E-state index in [-0.39, 0.29) is 5.41 Å². The fourth-order valence-electron chi connectivity index (χ4n) is 8.59. The number of fused-ring (bicyclic) bond motifs is 3. The second-order valence-corrected chi connectivity index (χ2v) is 13.8. The van der Waals surface area contributed by atoms with Gasteiger partial charge in [0.1, 0.15) is 0 Å². The Morgan fingerprint density at radius 1 is 0.647 bits per heavy atom. The molecule has 250 valence electrons. The summed E-state index contributed by atoms with van der Waals surface area (Å²) in [5.41, 5.74) is 19.3. The first-order valence-corrected chi connectivity index (χ1v) is 18.1. The average molecular weight is 661 g/mol. The molecule has 0 amide bonds. The summed E-state index contributed by atoms with van der Waals surface area (Å²) in [7, 11) is 0. The molecule has 0 saturated heterocycles. The highest BCUT2D eigenvalue weighted by Crippen LogP contribution is 2.56. The molecule has 0 fully saturated rings.